The molecule has 1 atom stereocenters. The zero-order valence-electron chi connectivity index (χ0n) is 16.0. The molecule has 0 amide bonds. The molecular formula is C23H23NO2S2. The summed E-state index contributed by atoms with van der Waals surface area (Å²) in [7, 11) is -3.09. The molecule has 0 radical (unpaired) electrons. The van der Waals surface area contributed by atoms with Crippen LogP contribution in [-0.4, -0.2) is 19.7 Å². The van der Waals surface area contributed by atoms with Gasteiger partial charge in [-0.1, -0.05) is 31.2 Å². The minimum absolute atomic E-state index is 0.0608. The molecule has 1 fully saturated rings. The number of nitrogens with one attached hydrogen (secondary N) is 1. The summed E-state index contributed by atoms with van der Waals surface area (Å²) >= 11 is 1.77. The first-order chi connectivity index (χ1) is 13.4. The van der Waals surface area contributed by atoms with Crippen LogP contribution in [0.5, 0.6) is 0 Å². The van der Waals surface area contributed by atoms with Crippen molar-refractivity contribution in [3.8, 4) is 0 Å². The largest absolute Gasteiger partial charge is 0.361 e. The van der Waals surface area contributed by atoms with E-state index in [1.54, 1.807) is 11.3 Å². The number of rotatable bonds is 5. The second-order valence-electron chi connectivity index (χ2n) is 8.26. The highest BCUT2D eigenvalue weighted by Crippen LogP contribution is 2.53. The van der Waals surface area contributed by atoms with Crippen molar-refractivity contribution in [3.05, 3.63) is 70.7 Å². The third kappa shape index (κ3) is 2.88. The van der Waals surface area contributed by atoms with Crippen molar-refractivity contribution < 1.29 is 8.42 Å². The summed E-state index contributed by atoms with van der Waals surface area (Å²) in [5, 5.41) is 4.58. The van der Waals surface area contributed by atoms with Gasteiger partial charge >= 0.3 is 0 Å². The molecule has 1 saturated carbocycles. The summed E-state index contributed by atoms with van der Waals surface area (Å²) < 4.78 is 25.1. The predicted molar refractivity (Wildman–Crippen MR) is 118 cm³/mol. The maximum absolute atomic E-state index is 11.9. The Kier molecular flexibility index (Phi) is 3.97. The molecule has 1 N–H and O–H groups in total. The highest BCUT2D eigenvalue weighted by molar-refractivity contribution is 7.89. The molecule has 0 spiro atoms. The number of para-hydroxylation sites is 1. The Morgan fingerprint density at radius 1 is 1.18 bits per heavy atom. The molecule has 5 heteroatoms. The van der Waals surface area contributed by atoms with Gasteiger partial charge in [-0.3, -0.25) is 0 Å². The van der Waals surface area contributed by atoms with E-state index in [2.05, 4.69) is 53.8 Å². The standard InChI is InChI=1S/C23H23NO2S2/c1-23(17-6-7-17,18-8-9-21-15(12-18)10-11-27-21)20-13-24-22-16(14-28(2,25)26)4-3-5-19(20)22/h3-5,8-13,17,24H,6-7,14H2,1-2H3. The fourth-order valence-electron chi connectivity index (χ4n) is 4.61. The van der Waals surface area contributed by atoms with Gasteiger partial charge < -0.3 is 4.98 Å². The number of aromatic nitrogens is 1. The number of aromatic amines is 1. The first-order valence-electron chi connectivity index (χ1n) is 9.61. The van der Waals surface area contributed by atoms with Gasteiger partial charge in [0, 0.05) is 33.5 Å². The van der Waals surface area contributed by atoms with Gasteiger partial charge in [-0.2, -0.15) is 0 Å². The summed E-state index contributed by atoms with van der Waals surface area (Å²) in [5.74, 6) is 0.673. The van der Waals surface area contributed by atoms with E-state index in [0.717, 1.165) is 16.5 Å². The van der Waals surface area contributed by atoms with Crippen LogP contribution in [0.1, 0.15) is 36.5 Å². The summed E-state index contributed by atoms with van der Waals surface area (Å²) in [5.41, 5.74) is 4.33. The van der Waals surface area contributed by atoms with Crippen LogP contribution in [-0.2, 0) is 21.0 Å². The summed E-state index contributed by atoms with van der Waals surface area (Å²) in [6, 6.07) is 15.1. The maximum Gasteiger partial charge on any atom is 0.151 e. The quantitative estimate of drug-likeness (QED) is 0.463. The second kappa shape index (κ2) is 6.19. The lowest BCUT2D eigenvalue weighted by atomic mass is 9.72. The van der Waals surface area contributed by atoms with E-state index in [9.17, 15) is 8.42 Å². The molecule has 0 saturated heterocycles. The van der Waals surface area contributed by atoms with E-state index in [0.29, 0.717) is 5.92 Å². The summed E-state index contributed by atoms with van der Waals surface area (Å²) in [6.07, 6.45) is 5.86. The van der Waals surface area contributed by atoms with Crippen LogP contribution in [0.25, 0.3) is 21.0 Å². The Morgan fingerprint density at radius 2 is 2.00 bits per heavy atom. The Labute approximate surface area is 169 Å². The van der Waals surface area contributed by atoms with Crippen molar-refractivity contribution in [1.29, 1.82) is 0 Å². The van der Waals surface area contributed by atoms with Gasteiger partial charge in [-0.05, 0) is 64.4 Å². The highest BCUT2D eigenvalue weighted by atomic mass is 32.2. The Bertz CT molecular complexity index is 1290. The molecule has 1 aliphatic rings. The molecular weight excluding hydrogens is 386 g/mol. The van der Waals surface area contributed by atoms with Gasteiger partial charge in [-0.25, -0.2) is 8.42 Å². The first-order valence-corrected chi connectivity index (χ1v) is 12.6. The Morgan fingerprint density at radius 3 is 2.75 bits per heavy atom. The van der Waals surface area contributed by atoms with Gasteiger partial charge in [-0.15, -0.1) is 11.3 Å². The van der Waals surface area contributed by atoms with E-state index < -0.39 is 9.84 Å². The van der Waals surface area contributed by atoms with Gasteiger partial charge in [0.05, 0.1) is 5.75 Å². The lowest BCUT2D eigenvalue weighted by Gasteiger charge is -2.31. The molecule has 28 heavy (non-hydrogen) atoms. The SMILES string of the molecule is CC(c1ccc2sccc2c1)(c1c[nH]c2c(CS(C)(=O)=O)cccc12)C1CC1. The van der Waals surface area contributed by atoms with E-state index in [1.807, 2.05) is 12.1 Å². The molecule has 2 heterocycles. The van der Waals surface area contributed by atoms with Crippen LogP contribution in [0.4, 0.5) is 0 Å². The van der Waals surface area contributed by atoms with Gasteiger partial charge in [0.25, 0.3) is 0 Å². The number of H-pyrrole nitrogens is 1. The summed E-state index contributed by atoms with van der Waals surface area (Å²) in [4.78, 5) is 3.41. The third-order valence-corrected chi connectivity index (χ3v) is 7.96. The zero-order valence-corrected chi connectivity index (χ0v) is 17.7. The van der Waals surface area contributed by atoms with Crippen molar-refractivity contribution in [1.82, 2.24) is 4.98 Å². The normalized spacial score (nSPS) is 17.2. The molecule has 0 aliphatic heterocycles. The first kappa shape index (κ1) is 18.0. The van der Waals surface area contributed by atoms with Crippen molar-refractivity contribution >= 4 is 42.2 Å². The molecule has 2 aromatic carbocycles. The minimum Gasteiger partial charge on any atom is -0.361 e. The van der Waals surface area contributed by atoms with Crippen molar-refractivity contribution in [3.63, 3.8) is 0 Å². The molecule has 144 valence electrons. The fraction of sp³-hybridized carbons (Fsp3) is 0.304. The number of hydrogen-bond acceptors (Lipinski definition) is 3. The van der Waals surface area contributed by atoms with Gasteiger partial charge in [0.15, 0.2) is 9.84 Å². The van der Waals surface area contributed by atoms with E-state index in [1.165, 1.54) is 40.3 Å². The number of hydrogen-bond donors (Lipinski definition) is 1. The lowest BCUT2D eigenvalue weighted by molar-refractivity contribution is 0.499. The van der Waals surface area contributed by atoms with Crippen LogP contribution in [0.2, 0.25) is 0 Å². The molecule has 4 aromatic rings. The van der Waals surface area contributed by atoms with Crippen molar-refractivity contribution in [2.45, 2.75) is 30.9 Å². The van der Waals surface area contributed by atoms with Crippen LogP contribution in [0, 0.1) is 5.92 Å². The topological polar surface area (TPSA) is 49.9 Å². The zero-order chi connectivity index (χ0) is 19.5. The second-order valence-corrected chi connectivity index (χ2v) is 11.3. The van der Waals surface area contributed by atoms with E-state index in [4.69, 9.17) is 0 Å². The molecule has 5 rings (SSSR count). The van der Waals surface area contributed by atoms with Crippen LogP contribution >= 0.6 is 11.3 Å². The number of thiophene rings is 1. The number of fused-ring (bicyclic) bond motifs is 2. The van der Waals surface area contributed by atoms with Crippen molar-refractivity contribution in [2.75, 3.05) is 6.26 Å². The van der Waals surface area contributed by atoms with Gasteiger partial charge in [0.2, 0.25) is 0 Å². The molecule has 1 aliphatic carbocycles. The van der Waals surface area contributed by atoms with E-state index >= 15 is 0 Å². The number of benzene rings is 2. The highest BCUT2D eigenvalue weighted by Gasteiger charge is 2.45. The maximum atomic E-state index is 11.9. The molecule has 2 aromatic heterocycles. The lowest BCUT2D eigenvalue weighted by Crippen LogP contribution is -2.26. The van der Waals surface area contributed by atoms with Crippen molar-refractivity contribution in [2.24, 2.45) is 5.92 Å². The van der Waals surface area contributed by atoms with Crippen LogP contribution < -0.4 is 0 Å². The molecule has 1 unspecified atom stereocenters. The molecule has 3 nitrogen and oxygen atoms in total. The average Bonchev–Trinajstić information content (AvgIpc) is 3.24. The predicted octanol–water partition coefficient (Wildman–Crippen LogP) is 5.64. The fourth-order valence-corrected chi connectivity index (χ4v) is 6.19. The van der Waals surface area contributed by atoms with Gasteiger partial charge in [0.1, 0.15) is 0 Å². The smallest absolute Gasteiger partial charge is 0.151 e. The number of sulfone groups is 1. The minimum atomic E-state index is -3.09. The average molecular weight is 410 g/mol. The van der Waals surface area contributed by atoms with Crippen LogP contribution in [0.3, 0.4) is 0 Å². The molecule has 0 bridgehead atoms. The summed E-state index contributed by atoms with van der Waals surface area (Å²) in [6.45, 7) is 2.35. The Balaban J connectivity index is 1.70. The Hall–Kier alpha value is -2.11. The van der Waals surface area contributed by atoms with Crippen LogP contribution in [0.15, 0.2) is 54.0 Å². The monoisotopic (exact) mass is 409 g/mol. The third-order valence-electron chi connectivity index (χ3n) is 6.22. The van der Waals surface area contributed by atoms with E-state index in [-0.39, 0.29) is 11.2 Å².